The minimum atomic E-state index is -0.213. The van der Waals surface area contributed by atoms with Crippen LogP contribution in [0.3, 0.4) is 0 Å². The number of fused-ring (bicyclic) bond motifs is 1. The molecule has 0 aromatic heterocycles. The number of ether oxygens (including phenoxy) is 1. The van der Waals surface area contributed by atoms with Crippen molar-refractivity contribution in [1.82, 2.24) is 0 Å². The average molecular weight is 741 g/mol. The summed E-state index contributed by atoms with van der Waals surface area (Å²) in [6.07, 6.45) is 8.78. The second-order valence-corrected chi connectivity index (χ2v) is 17.1. The first-order valence-corrected chi connectivity index (χ1v) is 18.5. The van der Waals surface area contributed by atoms with Crippen molar-refractivity contribution in [2.45, 2.75) is 90.1 Å². The van der Waals surface area contributed by atoms with Gasteiger partial charge >= 0.3 is 227 Å². The van der Waals surface area contributed by atoms with Crippen LogP contribution in [-0.4, -0.2) is 41.8 Å². The standard InChI is InChI=1S/C28H36Cl2N2O2.C12H10O2.Cr/c1-27(2,3)21-13-19(29)11-17(25(21)33)15-31-23-9-7-8-10-24(23)32-16-18-12-20(30)14-22(26(18)34)28(4,5)6;13-10-6-8-12(9-7-10)14-11-4-2-1-3-5-11;/h11-16,23-24,33-34H,7-10H2,1-6H3;1-9,13H;/q;;+2/p-1/t23-,24-;;/m1../s1. The monoisotopic (exact) mass is 739 g/mol. The molecule has 0 spiro atoms. The van der Waals surface area contributed by atoms with E-state index < -0.39 is 0 Å². The Balaban J connectivity index is 0.000000278. The van der Waals surface area contributed by atoms with Gasteiger partial charge in [-0.15, -0.1) is 5.75 Å². The number of aromatic hydroxyl groups is 2. The molecule has 0 bridgehead atoms. The molecule has 1 aliphatic carbocycles. The van der Waals surface area contributed by atoms with Gasteiger partial charge in [-0.25, -0.2) is 0 Å². The van der Waals surface area contributed by atoms with Gasteiger partial charge in [0.15, 0.2) is 0 Å². The molecule has 2 atom stereocenters. The van der Waals surface area contributed by atoms with Crippen LogP contribution in [-0.2, 0) is 26.5 Å². The minimum Gasteiger partial charge on any atom is -0.872 e. The van der Waals surface area contributed by atoms with Gasteiger partial charge in [0, 0.05) is 0 Å². The largest absolute Gasteiger partial charge is 0.872 e. The Bertz CT molecular complexity index is 1750. The summed E-state index contributed by atoms with van der Waals surface area (Å²) in [6, 6.07) is 23.9. The summed E-state index contributed by atoms with van der Waals surface area (Å²) in [7, 11) is 0. The molecule has 1 saturated carbocycles. The fraction of sp³-hybridized carbons (Fsp3) is 0.350. The molecule has 6 nitrogen and oxygen atoms in total. The van der Waals surface area contributed by atoms with Crippen molar-refractivity contribution in [3.05, 3.63) is 111 Å². The van der Waals surface area contributed by atoms with Gasteiger partial charge in [0.05, 0.1) is 0 Å². The van der Waals surface area contributed by atoms with Gasteiger partial charge in [-0.3, -0.25) is 0 Å². The van der Waals surface area contributed by atoms with Crippen LogP contribution in [0, 0.1) is 0 Å². The summed E-state index contributed by atoms with van der Waals surface area (Å²) < 4.78 is 10.3. The van der Waals surface area contributed by atoms with Crippen molar-refractivity contribution >= 4 is 35.6 Å². The van der Waals surface area contributed by atoms with E-state index in [4.69, 9.17) is 27.9 Å². The first-order valence-electron chi connectivity index (χ1n) is 16.6. The van der Waals surface area contributed by atoms with Gasteiger partial charge in [-0.2, -0.15) is 0 Å². The van der Waals surface area contributed by atoms with Crippen molar-refractivity contribution in [2.75, 3.05) is 0 Å². The van der Waals surface area contributed by atoms with Gasteiger partial charge in [0.25, 0.3) is 0 Å². The van der Waals surface area contributed by atoms with Crippen LogP contribution in [0.2, 0.25) is 10.0 Å². The van der Waals surface area contributed by atoms with Gasteiger partial charge in [-0.05, 0) is 24.3 Å². The molecule has 1 heterocycles. The van der Waals surface area contributed by atoms with Crippen LogP contribution in [0.15, 0.2) is 78.9 Å². The second kappa shape index (κ2) is 15.2. The summed E-state index contributed by atoms with van der Waals surface area (Å²) in [6.45, 7) is 12.5. The van der Waals surface area contributed by atoms with E-state index in [1.54, 1.807) is 12.1 Å². The third-order valence-corrected chi connectivity index (χ3v) is 10.9. The molecule has 1 saturated heterocycles. The van der Waals surface area contributed by atoms with E-state index in [-0.39, 0.29) is 32.2 Å². The molecule has 0 unspecified atom stereocenters. The van der Waals surface area contributed by atoms with Crippen LogP contribution in [0.25, 0.3) is 0 Å². The molecule has 9 heteroatoms. The van der Waals surface area contributed by atoms with Crippen molar-refractivity contribution in [1.29, 1.82) is 0 Å². The molecular weight excluding hydrogens is 695 g/mol. The van der Waals surface area contributed by atoms with Gasteiger partial charge in [-0.1, -0.05) is 30.3 Å². The Morgan fingerprint density at radius 1 is 0.694 bits per heavy atom. The Labute approximate surface area is 307 Å². The number of phenols is 2. The van der Waals surface area contributed by atoms with Crippen molar-refractivity contribution in [3.8, 4) is 28.7 Å². The maximum absolute atomic E-state index is 11.1. The van der Waals surface area contributed by atoms with E-state index in [1.807, 2.05) is 54.6 Å². The molecule has 2 fully saturated rings. The van der Waals surface area contributed by atoms with Gasteiger partial charge < -0.3 is 9.84 Å². The summed E-state index contributed by atoms with van der Waals surface area (Å²) in [5, 5.41) is 34.3. The zero-order valence-electron chi connectivity index (χ0n) is 28.9. The first-order chi connectivity index (χ1) is 23.1. The Kier molecular flexibility index (Phi) is 11.4. The van der Waals surface area contributed by atoms with Crippen LogP contribution >= 0.6 is 23.2 Å². The zero-order valence-corrected chi connectivity index (χ0v) is 31.7. The zero-order chi connectivity index (χ0) is 35.5. The van der Waals surface area contributed by atoms with E-state index in [2.05, 4.69) is 61.1 Å². The van der Waals surface area contributed by atoms with Crippen LogP contribution in [0.4, 0.5) is 0 Å². The van der Waals surface area contributed by atoms with Crippen LogP contribution in [0.1, 0.15) is 89.5 Å². The average Bonchev–Trinajstić information content (AvgIpc) is 3.38. The molecule has 2 aliphatic rings. The first kappa shape index (κ1) is 36.8. The second-order valence-electron chi connectivity index (χ2n) is 14.6. The predicted octanol–water partition coefficient (Wildman–Crippen LogP) is 9.35. The minimum absolute atomic E-state index is 0.00888. The summed E-state index contributed by atoms with van der Waals surface area (Å²) in [5.41, 5.74) is 2.80. The van der Waals surface area contributed by atoms with Gasteiger partial charge in [0.1, 0.15) is 11.5 Å². The number of nitrogens with zero attached hydrogens (tertiary/aromatic N) is 2. The molecule has 0 radical (unpaired) electrons. The van der Waals surface area contributed by atoms with E-state index in [0.29, 0.717) is 39.4 Å². The fourth-order valence-electron chi connectivity index (χ4n) is 6.14. The molecule has 4 aromatic rings. The smallest absolute Gasteiger partial charge is 0.127 e. The van der Waals surface area contributed by atoms with Gasteiger partial charge in [0.2, 0.25) is 0 Å². The summed E-state index contributed by atoms with van der Waals surface area (Å²) in [4.78, 5) is 0. The number of para-hydroxylation sites is 1. The maximum atomic E-state index is 11.1. The number of benzene rings is 4. The topological polar surface area (TPSA) is 78.8 Å². The maximum Gasteiger partial charge on any atom is 0.127 e. The normalized spacial score (nSPS) is 19.3. The number of phenolic OH excluding ortho intramolecular Hbond substituents is 2. The molecule has 6 rings (SSSR count). The molecular formula is C40H45Cl2CrN2O4+. The van der Waals surface area contributed by atoms with E-state index in [9.17, 15) is 15.3 Å². The molecule has 258 valence electrons. The fourth-order valence-corrected chi connectivity index (χ4v) is 8.58. The third-order valence-electron chi connectivity index (χ3n) is 8.70. The van der Waals surface area contributed by atoms with Crippen molar-refractivity contribution < 1.29 is 42.8 Å². The van der Waals surface area contributed by atoms with Crippen LogP contribution in [0.5, 0.6) is 28.7 Å². The number of halogens is 2. The Morgan fingerprint density at radius 3 is 1.55 bits per heavy atom. The molecule has 1 aliphatic heterocycles. The number of hydrogen-bond donors (Lipinski definition) is 2. The summed E-state index contributed by atoms with van der Waals surface area (Å²) >= 11 is 12.9. The quantitative estimate of drug-likeness (QED) is 0.219. The number of rotatable bonds is 4. The predicted molar refractivity (Wildman–Crippen MR) is 193 cm³/mol. The number of hydrogen-bond acceptors (Lipinski definition) is 4. The SMILES string of the molecule is CC(C)(C)c1cc(Cl)cc(C=[N+]2[Cr][N+](=Cc3cc(Cl)cc(C(C)(C)C)c3O)[C@@H]3CCCC[C@H]32)c1O.[O-]c1ccc(Oc2ccccc2)cc1. The molecule has 0 amide bonds. The molecule has 49 heavy (non-hydrogen) atoms. The summed E-state index contributed by atoms with van der Waals surface area (Å²) in [5.74, 6) is 2.04. The van der Waals surface area contributed by atoms with Crippen molar-refractivity contribution in [3.63, 3.8) is 0 Å². The molecule has 4 aromatic carbocycles. The van der Waals surface area contributed by atoms with Crippen molar-refractivity contribution in [2.24, 2.45) is 0 Å². The Hall–Kier alpha value is -3.47. The van der Waals surface area contributed by atoms with E-state index in [1.165, 1.54) is 25.0 Å². The third kappa shape index (κ3) is 9.21. The molecule has 2 N–H and O–H groups in total. The van der Waals surface area contributed by atoms with E-state index >= 15 is 0 Å². The van der Waals surface area contributed by atoms with Crippen LogP contribution < -0.4 is 9.84 Å². The Morgan fingerprint density at radius 2 is 1.12 bits per heavy atom. The van der Waals surface area contributed by atoms with E-state index in [0.717, 1.165) is 40.8 Å².